The maximum atomic E-state index is 5.94. The van der Waals surface area contributed by atoms with Gasteiger partial charge in [0, 0.05) is 31.1 Å². The minimum absolute atomic E-state index is 0. The van der Waals surface area contributed by atoms with Gasteiger partial charge in [0.1, 0.15) is 5.82 Å². The molecule has 2 heterocycles. The van der Waals surface area contributed by atoms with Crippen LogP contribution in [0.1, 0.15) is 36.4 Å². The van der Waals surface area contributed by atoms with Crippen molar-refractivity contribution in [3.8, 4) is 0 Å². The van der Waals surface area contributed by atoms with Crippen molar-refractivity contribution in [2.45, 2.75) is 31.2 Å². The van der Waals surface area contributed by atoms with Crippen LogP contribution in [0.4, 0.5) is 11.8 Å². The summed E-state index contributed by atoms with van der Waals surface area (Å²) in [6.07, 6.45) is 5.29. The molecule has 0 unspecified atom stereocenters. The van der Waals surface area contributed by atoms with Gasteiger partial charge in [-0.3, -0.25) is 0 Å². The molecule has 0 bridgehead atoms. The van der Waals surface area contributed by atoms with Crippen molar-refractivity contribution in [1.29, 1.82) is 0 Å². The third-order valence-corrected chi connectivity index (χ3v) is 5.02. The van der Waals surface area contributed by atoms with Crippen LogP contribution in [-0.2, 0) is 0 Å². The fourth-order valence-corrected chi connectivity index (χ4v) is 3.54. The first-order valence-electron chi connectivity index (χ1n) is 8.58. The monoisotopic (exact) mass is 393 g/mol. The normalized spacial score (nSPS) is 21.7. The Balaban J connectivity index is 0.00000121. The van der Waals surface area contributed by atoms with Crippen LogP contribution in [0.3, 0.4) is 0 Å². The summed E-state index contributed by atoms with van der Waals surface area (Å²) in [5.41, 5.74) is 15.6. The number of nitrogens with zero attached hydrogens (tertiary/aromatic N) is 3. The molecule has 0 saturated heterocycles. The van der Waals surface area contributed by atoms with E-state index in [0.717, 1.165) is 43.9 Å². The smallest absolute Gasteiger partial charge is 0.222 e. The molecule has 0 atom stereocenters. The second-order valence-corrected chi connectivity index (χ2v) is 6.73. The molecule has 1 aromatic carbocycles. The molecule has 4 rings (SSSR count). The van der Waals surface area contributed by atoms with Crippen molar-refractivity contribution < 1.29 is 0 Å². The largest absolute Gasteiger partial charge is 0.368 e. The Bertz CT molecular complexity index is 760. The van der Waals surface area contributed by atoms with Crippen molar-refractivity contribution >= 4 is 42.2 Å². The van der Waals surface area contributed by atoms with Crippen LogP contribution < -0.4 is 16.4 Å². The summed E-state index contributed by atoms with van der Waals surface area (Å²) in [6.45, 7) is 1.80. The van der Waals surface area contributed by atoms with Gasteiger partial charge >= 0.3 is 0 Å². The zero-order valence-electron chi connectivity index (χ0n) is 14.5. The van der Waals surface area contributed by atoms with E-state index in [2.05, 4.69) is 57.3 Å². The molecule has 1 aliphatic carbocycles. The zero-order valence-corrected chi connectivity index (χ0v) is 16.2. The predicted molar refractivity (Wildman–Crippen MR) is 112 cm³/mol. The maximum Gasteiger partial charge on any atom is 0.222 e. The minimum atomic E-state index is 0. The van der Waals surface area contributed by atoms with E-state index in [0.29, 0.717) is 17.9 Å². The molecular formula is C19H25Cl2N5. The summed E-state index contributed by atoms with van der Waals surface area (Å²) >= 11 is 0. The molecule has 1 aromatic heterocycles. The highest BCUT2D eigenvalue weighted by Gasteiger charge is 2.29. The molecule has 2 aromatic rings. The molecule has 0 radical (unpaired) electrons. The molecule has 1 saturated carbocycles. The predicted octanol–water partition coefficient (Wildman–Crippen LogP) is 3.40. The fourth-order valence-electron chi connectivity index (χ4n) is 3.54. The molecule has 0 spiro atoms. The number of hydrogen-bond acceptors (Lipinski definition) is 5. The lowest BCUT2D eigenvalue weighted by molar-refractivity contribution is 0.345. The van der Waals surface area contributed by atoms with Gasteiger partial charge in [-0.2, -0.15) is 4.98 Å². The van der Waals surface area contributed by atoms with E-state index >= 15 is 0 Å². The van der Waals surface area contributed by atoms with Gasteiger partial charge in [-0.15, -0.1) is 24.8 Å². The fraction of sp³-hybridized carbons (Fsp3) is 0.368. The van der Waals surface area contributed by atoms with Crippen molar-refractivity contribution in [3.63, 3.8) is 0 Å². The van der Waals surface area contributed by atoms with E-state index in [1.54, 1.807) is 0 Å². The maximum absolute atomic E-state index is 5.94. The quantitative estimate of drug-likeness (QED) is 0.834. The lowest BCUT2D eigenvalue weighted by Crippen LogP contribution is -2.35. The Hall–Kier alpha value is -1.82. The van der Waals surface area contributed by atoms with Gasteiger partial charge < -0.3 is 16.4 Å². The lowest BCUT2D eigenvalue weighted by Gasteiger charge is -2.33. The topological polar surface area (TPSA) is 81.1 Å². The van der Waals surface area contributed by atoms with E-state index in [-0.39, 0.29) is 24.8 Å². The van der Waals surface area contributed by atoms with Gasteiger partial charge in [0.2, 0.25) is 5.95 Å². The van der Waals surface area contributed by atoms with Gasteiger partial charge in [0.25, 0.3) is 0 Å². The van der Waals surface area contributed by atoms with E-state index in [1.807, 2.05) is 0 Å². The van der Waals surface area contributed by atoms with Crippen LogP contribution in [-0.4, -0.2) is 29.1 Å². The summed E-state index contributed by atoms with van der Waals surface area (Å²) in [6, 6.07) is 13.0. The van der Waals surface area contributed by atoms with E-state index in [9.17, 15) is 0 Å². The van der Waals surface area contributed by atoms with Gasteiger partial charge in [-0.25, -0.2) is 4.98 Å². The third-order valence-electron chi connectivity index (χ3n) is 5.02. The van der Waals surface area contributed by atoms with Gasteiger partial charge in [0.05, 0.1) is 5.69 Å². The third kappa shape index (κ3) is 4.29. The van der Waals surface area contributed by atoms with Crippen LogP contribution in [0.25, 0.3) is 5.57 Å². The first-order valence-corrected chi connectivity index (χ1v) is 8.58. The summed E-state index contributed by atoms with van der Waals surface area (Å²) in [7, 11) is 0. The SMILES string of the molecule is Cl.Cl.Nc1nc(C2CC(N)C2)cc(N2CC=C(c3ccccc3)CC2)n1. The molecule has 140 valence electrons. The summed E-state index contributed by atoms with van der Waals surface area (Å²) < 4.78 is 0. The highest BCUT2D eigenvalue weighted by molar-refractivity contribution is 5.85. The first kappa shape index (κ1) is 20.5. The van der Waals surface area contributed by atoms with Crippen LogP contribution >= 0.6 is 24.8 Å². The Morgan fingerprint density at radius 1 is 1.04 bits per heavy atom. The second kappa shape index (κ2) is 8.71. The number of nitrogens with two attached hydrogens (primary N) is 2. The van der Waals surface area contributed by atoms with Crippen molar-refractivity contribution in [2.75, 3.05) is 23.7 Å². The van der Waals surface area contributed by atoms with Crippen molar-refractivity contribution in [1.82, 2.24) is 9.97 Å². The number of rotatable bonds is 3. The van der Waals surface area contributed by atoms with E-state index in [1.165, 1.54) is 11.1 Å². The van der Waals surface area contributed by atoms with Crippen LogP contribution in [0.2, 0.25) is 0 Å². The second-order valence-electron chi connectivity index (χ2n) is 6.73. The zero-order chi connectivity index (χ0) is 16.5. The molecule has 7 heteroatoms. The molecular weight excluding hydrogens is 369 g/mol. The molecule has 26 heavy (non-hydrogen) atoms. The number of anilines is 2. The summed E-state index contributed by atoms with van der Waals surface area (Å²) in [5.74, 6) is 1.73. The molecule has 1 fully saturated rings. The molecule has 0 amide bonds. The highest BCUT2D eigenvalue weighted by Crippen LogP contribution is 2.36. The molecule has 4 N–H and O–H groups in total. The average Bonchev–Trinajstić information content (AvgIpc) is 2.59. The number of hydrogen-bond donors (Lipinski definition) is 2. The van der Waals surface area contributed by atoms with E-state index in [4.69, 9.17) is 11.5 Å². The number of benzene rings is 1. The number of nitrogen functional groups attached to an aromatic ring is 1. The Morgan fingerprint density at radius 3 is 2.38 bits per heavy atom. The van der Waals surface area contributed by atoms with Crippen LogP contribution in [0.15, 0.2) is 42.5 Å². The minimum Gasteiger partial charge on any atom is -0.368 e. The summed E-state index contributed by atoms with van der Waals surface area (Å²) in [5, 5.41) is 0. The molecule has 5 nitrogen and oxygen atoms in total. The number of aromatic nitrogens is 2. The van der Waals surface area contributed by atoms with Crippen LogP contribution in [0, 0.1) is 0 Å². The van der Waals surface area contributed by atoms with Crippen molar-refractivity contribution in [2.24, 2.45) is 5.73 Å². The first-order chi connectivity index (χ1) is 11.7. The van der Waals surface area contributed by atoms with Crippen molar-refractivity contribution in [3.05, 3.63) is 53.7 Å². The standard InChI is InChI=1S/C19H23N5.2ClH/c20-16-10-15(11-16)17-12-18(23-19(21)22-17)24-8-6-14(7-9-24)13-4-2-1-3-5-13;;/h1-6,12,15-16H,7-11,20H2,(H2,21,22,23);2*1H. The average molecular weight is 394 g/mol. The Labute approximate surface area is 166 Å². The lowest BCUT2D eigenvalue weighted by atomic mass is 9.78. The Morgan fingerprint density at radius 2 is 1.77 bits per heavy atom. The van der Waals surface area contributed by atoms with E-state index < -0.39 is 0 Å². The molecule has 2 aliphatic rings. The van der Waals surface area contributed by atoms with Gasteiger partial charge in [-0.05, 0) is 30.4 Å². The Kier molecular flexibility index (Phi) is 6.87. The highest BCUT2D eigenvalue weighted by atomic mass is 35.5. The van der Waals surface area contributed by atoms with Crippen LogP contribution in [0.5, 0.6) is 0 Å². The molecule has 1 aliphatic heterocycles. The van der Waals surface area contributed by atoms with Gasteiger partial charge in [-0.1, -0.05) is 36.4 Å². The van der Waals surface area contributed by atoms with Gasteiger partial charge in [0.15, 0.2) is 0 Å². The number of halogens is 2. The summed E-state index contributed by atoms with van der Waals surface area (Å²) in [4.78, 5) is 11.1.